The predicted molar refractivity (Wildman–Crippen MR) is 55.9 cm³/mol. The van der Waals surface area contributed by atoms with Gasteiger partial charge in [0.15, 0.2) is 0 Å². The molecule has 2 saturated heterocycles. The van der Waals surface area contributed by atoms with Crippen LogP contribution in [0.25, 0.3) is 0 Å². The first-order chi connectivity index (χ1) is 6.70. The fourth-order valence-corrected chi connectivity index (χ4v) is 3.04. The quantitative estimate of drug-likeness (QED) is 0.674. The molecule has 0 spiro atoms. The Hall–Kier alpha value is -0.570. The van der Waals surface area contributed by atoms with Crippen LogP contribution in [0.4, 0.5) is 0 Å². The number of carbonyl (C=O) groups is 1. The molecule has 2 aliphatic rings. The number of nitrogens with zero attached hydrogens (tertiary/aromatic N) is 1. The predicted octanol–water partition coefficient (Wildman–Crippen LogP) is 0.853. The van der Waals surface area contributed by atoms with Gasteiger partial charge < -0.3 is 10.2 Å². The number of hydrogen-bond donors (Lipinski definition) is 1. The van der Waals surface area contributed by atoms with E-state index >= 15 is 0 Å². The maximum Gasteiger partial charge on any atom is 0.222 e. The summed E-state index contributed by atoms with van der Waals surface area (Å²) in [5, 5.41) is 3.43. The summed E-state index contributed by atoms with van der Waals surface area (Å²) < 4.78 is 0. The van der Waals surface area contributed by atoms with Gasteiger partial charge in [-0.05, 0) is 37.8 Å². The molecule has 0 aromatic rings. The third-order valence-electron chi connectivity index (χ3n) is 3.74. The molecule has 2 fully saturated rings. The van der Waals surface area contributed by atoms with E-state index in [9.17, 15) is 4.79 Å². The zero-order chi connectivity index (χ0) is 10.1. The minimum atomic E-state index is 0.327. The lowest BCUT2D eigenvalue weighted by Gasteiger charge is -2.34. The van der Waals surface area contributed by atoms with Crippen molar-refractivity contribution in [3.63, 3.8) is 0 Å². The molecule has 1 amide bonds. The maximum atomic E-state index is 11.5. The number of likely N-dealkylation sites (tertiary alicyclic amines) is 1. The van der Waals surface area contributed by atoms with Gasteiger partial charge in [0.05, 0.1) is 0 Å². The molecule has 0 radical (unpaired) electrons. The summed E-state index contributed by atoms with van der Waals surface area (Å²) in [6.07, 6.45) is 3.28. The van der Waals surface area contributed by atoms with E-state index in [1.807, 2.05) is 11.9 Å². The third-order valence-corrected chi connectivity index (χ3v) is 3.74. The number of rotatable bonds is 1. The van der Waals surface area contributed by atoms with Crippen LogP contribution in [-0.2, 0) is 4.79 Å². The van der Waals surface area contributed by atoms with Crippen molar-refractivity contribution in [2.45, 2.75) is 32.2 Å². The van der Waals surface area contributed by atoms with E-state index in [4.69, 9.17) is 0 Å². The lowest BCUT2D eigenvalue weighted by atomic mass is 9.85. The zero-order valence-electron chi connectivity index (χ0n) is 9.12. The molecular weight excluding hydrogens is 176 g/mol. The number of hydrogen-bond acceptors (Lipinski definition) is 2. The Morgan fingerprint density at radius 3 is 2.79 bits per heavy atom. The van der Waals surface area contributed by atoms with Crippen LogP contribution in [0.2, 0.25) is 0 Å². The highest BCUT2D eigenvalue weighted by molar-refractivity contribution is 5.79. The monoisotopic (exact) mass is 196 g/mol. The molecule has 80 valence electrons. The van der Waals surface area contributed by atoms with Gasteiger partial charge in [0.2, 0.25) is 5.91 Å². The minimum absolute atomic E-state index is 0.327. The van der Waals surface area contributed by atoms with Crippen LogP contribution in [0.3, 0.4) is 0 Å². The van der Waals surface area contributed by atoms with Crippen molar-refractivity contribution in [1.82, 2.24) is 10.2 Å². The Balaban J connectivity index is 2.04. The SMILES string of the molecule is CC1CC(=O)N(C)C1C1CCCNC1. The van der Waals surface area contributed by atoms with Gasteiger partial charge in [0.25, 0.3) is 0 Å². The van der Waals surface area contributed by atoms with Crippen LogP contribution < -0.4 is 5.32 Å². The van der Waals surface area contributed by atoms with Crippen LogP contribution in [0.5, 0.6) is 0 Å². The summed E-state index contributed by atoms with van der Waals surface area (Å²) >= 11 is 0. The smallest absolute Gasteiger partial charge is 0.222 e. The molecule has 0 aromatic heterocycles. The summed E-state index contributed by atoms with van der Waals surface area (Å²) in [6.45, 7) is 4.45. The Bertz CT molecular complexity index is 223. The van der Waals surface area contributed by atoms with Crippen molar-refractivity contribution in [3.8, 4) is 0 Å². The molecule has 2 aliphatic heterocycles. The molecule has 3 unspecified atom stereocenters. The lowest BCUT2D eigenvalue weighted by Crippen LogP contribution is -2.44. The molecule has 1 N–H and O–H groups in total. The van der Waals surface area contributed by atoms with Gasteiger partial charge in [0.1, 0.15) is 0 Å². The maximum absolute atomic E-state index is 11.5. The van der Waals surface area contributed by atoms with Crippen molar-refractivity contribution >= 4 is 5.91 Å². The molecule has 3 heteroatoms. The molecule has 3 nitrogen and oxygen atoms in total. The van der Waals surface area contributed by atoms with E-state index < -0.39 is 0 Å². The van der Waals surface area contributed by atoms with Gasteiger partial charge in [-0.2, -0.15) is 0 Å². The fraction of sp³-hybridized carbons (Fsp3) is 0.909. The van der Waals surface area contributed by atoms with Gasteiger partial charge in [-0.1, -0.05) is 6.92 Å². The van der Waals surface area contributed by atoms with Crippen LogP contribution in [-0.4, -0.2) is 37.0 Å². The molecule has 2 heterocycles. The second-order valence-electron chi connectivity index (χ2n) is 4.78. The van der Waals surface area contributed by atoms with Crippen LogP contribution in [0.1, 0.15) is 26.2 Å². The van der Waals surface area contributed by atoms with Gasteiger partial charge in [-0.25, -0.2) is 0 Å². The van der Waals surface area contributed by atoms with Gasteiger partial charge in [-0.3, -0.25) is 4.79 Å². The average molecular weight is 196 g/mol. The number of nitrogens with one attached hydrogen (secondary N) is 1. The molecule has 0 aliphatic carbocycles. The highest BCUT2D eigenvalue weighted by Gasteiger charge is 2.39. The fourth-order valence-electron chi connectivity index (χ4n) is 3.04. The Morgan fingerprint density at radius 1 is 1.50 bits per heavy atom. The molecule has 0 bridgehead atoms. The van der Waals surface area contributed by atoms with Crippen molar-refractivity contribution in [3.05, 3.63) is 0 Å². The van der Waals surface area contributed by atoms with E-state index in [1.54, 1.807) is 0 Å². The first-order valence-corrected chi connectivity index (χ1v) is 5.66. The standard InChI is InChI=1S/C11H20N2O/c1-8-6-10(14)13(2)11(8)9-4-3-5-12-7-9/h8-9,11-12H,3-7H2,1-2H3. The van der Waals surface area contributed by atoms with E-state index in [-0.39, 0.29) is 0 Å². The van der Waals surface area contributed by atoms with E-state index in [0.717, 1.165) is 19.5 Å². The normalized spacial score (nSPS) is 39.1. The number of piperidine rings is 1. The van der Waals surface area contributed by atoms with Crippen LogP contribution in [0.15, 0.2) is 0 Å². The van der Waals surface area contributed by atoms with E-state index in [1.165, 1.54) is 12.8 Å². The first-order valence-electron chi connectivity index (χ1n) is 5.66. The summed E-state index contributed by atoms with van der Waals surface area (Å²) in [5.74, 6) is 1.54. The average Bonchev–Trinajstić information content (AvgIpc) is 2.43. The third kappa shape index (κ3) is 1.65. The molecule has 0 saturated carbocycles. The van der Waals surface area contributed by atoms with Crippen molar-refractivity contribution < 1.29 is 4.79 Å². The molecule has 0 aromatic carbocycles. The topological polar surface area (TPSA) is 32.3 Å². The largest absolute Gasteiger partial charge is 0.342 e. The van der Waals surface area contributed by atoms with Crippen LogP contribution >= 0.6 is 0 Å². The summed E-state index contributed by atoms with van der Waals surface area (Å²) in [5.41, 5.74) is 0. The van der Waals surface area contributed by atoms with Crippen molar-refractivity contribution in [2.24, 2.45) is 11.8 Å². The first kappa shape index (κ1) is 9.97. The Kier molecular flexibility index (Phi) is 2.77. The van der Waals surface area contributed by atoms with Crippen molar-refractivity contribution in [2.75, 3.05) is 20.1 Å². The van der Waals surface area contributed by atoms with E-state index in [2.05, 4.69) is 12.2 Å². The number of carbonyl (C=O) groups excluding carboxylic acids is 1. The second kappa shape index (κ2) is 3.89. The zero-order valence-corrected chi connectivity index (χ0v) is 9.12. The highest BCUT2D eigenvalue weighted by Crippen LogP contribution is 2.32. The summed E-state index contributed by atoms with van der Waals surface area (Å²) in [7, 11) is 1.96. The molecule has 2 rings (SSSR count). The molecule has 3 atom stereocenters. The van der Waals surface area contributed by atoms with Crippen molar-refractivity contribution in [1.29, 1.82) is 0 Å². The Morgan fingerprint density at radius 2 is 2.29 bits per heavy atom. The summed E-state index contributed by atoms with van der Waals surface area (Å²) in [4.78, 5) is 13.5. The molecular formula is C11H20N2O. The number of amides is 1. The van der Waals surface area contributed by atoms with Gasteiger partial charge in [0, 0.05) is 19.5 Å². The minimum Gasteiger partial charge on any atom is -0.342 e. The van der Waals surface area contributed by atoms with E-state index in [0.29, 0.717) is 23.8 Å². The second-order valence-corrected chi connectivity index (χ2v) is 4.78. The summed E-state index contributed by atoms with van der Waals surface area (Å²) in [6, 6.07) is 0.482. The molecule has 14 heavy (non-hydrogen) atoms. The highest BCUT2D eigenvalue weighted by atomic mass is 16.2. The van der Waals surface area contributed by atoms with Gasteiger partial charge in [-0.15, -0.1) is 0 Å². The van der Waals surface area contributed by atoms with Crippen LogP contribution in [0, 0.1) is 11.8 Å². The Labute approximate surface area is 85.8 Å². The lowest BCUT2D eigenvalue weighted by molar-refractivity contribution is -0.128. The van der Waals surface area contributed by atoms with Gasteiger partial charge >= 0.3 is 0 Å².